The fourth-order valence-electron chi connectivity index (χ4n) is 1.81. The monoisotopic (exact) mass is 241 g/mol. The number of carbonyl (C=O) groups excluding carboxylic acids is 2. The van der Waals surface area contributed by atoms with Gasteiger partial charge in [-0.25, -0.2) is 4.79 Å². The van der Waals surface area contributed by atoms with Gasteiger partial charge in [-0.3, -0.25) is 4.79 Å². The first-order valence-corrected chi connectivity index (χ1v) is 5.59. The third-order valence-electron chi connectivity index (χ3n) is 2.58. The molecule has 0 aromatic carbocycles. The molecule has 2 N–H and O–H groups in total. The Hall–Kier alpha value is -1.40. The van der Waals surface area contributed by atoms with E-state index >= 15 is 0 Å². The summed E-state index contributed by atoms with van der Waals surface area (Å²) in [4.78, 5) is 23.6. The van der Waals surface area contributed by atoms with Gasteiger partial charge in [-0.15, -0.1) is 11.3 Å². The van der Waals surface area contributed by atoms with Gasteiger partial charge in [-0.05, 0) is 11.4 Å². The van der Waals surface area contributed by atoms with Crippen LogP contribution in [0.5, 0.6) is 0 Å². The smallest absolute Gasteiger partial charge is 0.340 e. The summed E-state index contributed by atoms with van der Waals surface area (Å²) >= 11 is 1.37. The largest absolute Gasteiger partial charge is 0.467 e. The minimum atomic E-state index is -1.79. The van der Waals surface area contributed by atoms with Crippen LogP contribution in [0.2, 0.25) is 0 Å². The molecule has 0 radical (unpaired) electrons. The first-order chi connectivity index (χ1) is 7.58. The molecule has 1 aliphatic heterocycles. The lowest BCUT2D eigenvalue weighted by molar-refractivity contribution is -0.163. The zero-order valence-corrected chi connectivity index (χ0v) is 9.41. The lowest BCUT2D eigenvalue weighted by Crippen LogP contribution is -2.43. The Morgan fingerprint density at radius 1 is 1.75 bits per heavy atom. The van der Waals surface area contributed by atoms with Gasteiger partial charge in [-0.2, -0.15) is 0 Å². The van der Waals surface area contributed by atoms with Gasteiger partial charge in [0.15, 0.2) is 5.60 Å². The molecule has 1 amide bonds. The van der Waals surface area contributed by atoms with Crippen molar-refractivity contribution >= 4 is 23.2 Å². The highest BCUT2D eigenvalue weighted by Gasteiger charge is 2.53. The number of amides is 1. The highest BCUT2D eigenvalue weighted by Crippen LogP contribution is 2.37. The number of carbonyl (C=O) groups is 2. The Kier molecular flexibility index (Phi) is 2.69. The molecule has 1 saturated heterocycles. The summed E-state index contributed by atoms with van der Waals surface area (Å²) in [5.41, 5.74) is -1.79. The fourth-order valence-corrected chi connectivity index (χ4v) is 2.67. The number of aliphatic hydroxyl groups is 1. The summed E-state index contributed by atoms with van der Waals surface area (Å²) in [7, 11) is 1.19. The molecule has 1 fully saturated rings. The minimum Gasteiger partial charge on any atom is -0.467 e. The van der Waals surface area contributed by atoms with Crippen molar-refractivity contribution < 1.29 is 19.4 Å². The molecule has 16 heavy (non-hydrogen) atoms. The summed E-state index contributed by atoms with van der Waals surface area (Å²) in [6, 6.07) is 2.84. The van der Waals surface area contributed by atoms with Crippen molar-refractivity contribution in [2.45, 2.75) is 18.1 Å². The minimum absolute atomic E-state index is 0.262. The number of rotatable bonds is 2. The highest BCUT2D eigenvalue weighted by molar-refractivity contribution is 7.10. The molecule has 1 aromatic rings. The van der Waals surface area contributed by atoms with Crippen LogP contribution in [0.15, 0.2) is 17.5 Å². The van der Waals surface area contributed by atoms with Crippen LogP contribution < -0.4 is 5.32 Å². The van der Waals surface area contributed by atoms with Crippen LogP contribution >= 0.6 is 11.3 Å². The lowest BCUT2D eigenvalue weighted by atomic mass is 9.94. The number of hydrogen-bond acceptors (Lipinski definition) is 5. The van der Waals surface area contributed by atoms with E-state index in [-0.39, 0.29) is 12.3 Å². The quantitative estimate of drug-likeness (QED) is 0.726. The van der Waals surface area contributed by atoms with E-state index in [1.807, 2.05) is 5.38 Å². The maximum absolute atomic E-state index is 11.5. The second-order valence-corrected chi connectivity index (χ2v) is 4.59. The van der Waals surface area contributed by atoms with Crippen molar-refractivity contribution in [2.75, 3.05) is 7.11 Å². The summed E-state index contributed by atoms with van der Waals surface area (Å²) in [6.07, 6.45) is -0.262. The van der Waals surface area contributed by atoms with Crippen molar-refractivity contribution in [3.63, 3.8) is 0 Å². The molecular formula is C10H11NO4S. The predicted octanol–water partition coefficient (Wildman–Crippen LogP) is 0.213. The molecule has 2 rings (SSSR count). The van der Waals surface area contributed by atoms with Crippen LogP contribution in [0.1, 0.15) is 17.3 Å². The Morgan fingerprint density at radius 3 is 3.06 bits per heavy atom. The second-order valence-electron chi connectivity index (χ2n) is 3.61. The normalized spacial score (nSPS) is 28.9. The van der Waals surface area contributed by atoms with E-state index in [4.69, 9.17) is 0 Å². The SMILES string of the molecule is COC(=O)[C@@]1(O)CC(=O)N[C@@H]1c1cccs1. The molecular weight excluding hydrogens is 230 g/mol. The third kappa shape index (κ3) is 1.60. The van der Waals surface area contributed by atoms with Gasteiger partial charge in [-0.1, -0.05) is 6.07 Å². The Balaban J connectivity index is 2.36. The van der Waals surface area contributed by atoms with Crippen molar-refractivity contribution in [3.05, 3.63) is 22.4 Å². The standard InChI is InChI=1S/C10H11NO4S/c1-15-9(13)10(14)5-7(12)11-8(10)6-3-2-4-16-6/h2-4,8,14H,5H2,1H3,(H,11,12)/t8-,10-/m1/s1. The van der Waals surface area contributed by atoms with Crippen LogP contribution in [-0.2, 0) is 14.3 Å². The first-order valence-electron chi connectivity index (χ1n) is 4.71. The summed E-state index contributed by atoms with van der Waals surface area (Å²) < 4.78 is 4.54. The van der Waals surface area contributed by atoms with Crippen LogP contribution in [0.3, 0.4) is 0 Å². The van der Waals surface area contributed by atoms with E-state index < -0.39 is 17.6 Å². The molecule has 0 aliphatic carbocycles. The zero-order chi connectivity index (χ0) is 11.8. The topological polar surface area (TPSA) is 75.6 Å². The van der Waals surface area contributed by atoms with E-state index in [2.05, 4.69) is 10.1 Å². The second kappa shape index (κ2) is 3.88. The number of thiophene rings is 1. The fraction of sp³-hybridized carbons (Fsp3) is 0.400. The number of nitrogens with one attached hydrogen (secondary N) is 1. The van der Waals surface area contributed by atoms with Gasteiger partial charge in [0.05, 0.1) is 13.5 Å². The van der Waals surface area contributed by atoms with Gasteiger partial charge in [0.25, 0.3) is 0 Å². The summed E-state index contributed by atoms with van der Waals surface area (Å²) in [5.74, 6) is -1.14. The van der Waals surface area contributed by atoms with Gasteiger partial charge < -0.3 is 15.2 Å². The van der Waals surface area contributed by atoms with Crippen LogP contribution in [0.25, 0.3) is 0 Å². The number of esters is 1. The first kappa shape index (κ1) is 11.1. The predicted molar refractivity (Wildman–Crippen MR) is 56.8 cm³/mol. The average Bonchev–Trinajstić information content (AvgIpc) is 2.85. The van der Waals surface area contributed by atoms with E-state index in [9.17, 15) is 14.7 Å². The summed E-state index contributed by atoms with van der Waals surface area (Å²) in [6.45, 7) is 0. The van der Waals surface area contributed by atoms with Crippen molar-refractivity contribution in [1.82, 2.24) is 5.32 Å². The van der Waals surface area contributed by atoms with Gasteiger partial charge in [0.2, 0.25) is 5.91 Å². The molecule has 1 aromatic heterocycles. The number of methoxy groups -OCH3 is 1. The molecule has 5 nitrogen and oxygen atoms in total. The van der Waals surface area contributed by atoms with E-state index in [0.29, 0.717) is 0 Å². The summed E-state index contributed by atoms with van der Waals surface area (Å²) in [5, 5.41) is 14.6. The van der Waals surface area contributed by atoms with Gasteiger partial charge >= 0.3 is 5.97 Å². The van der Waals surface area contributed by atoms with Crippen LogP contribution in [0.4, 0.5) is 0 Å². The van der Waals surface area contributed by atoms with Gasteiger partial charge in [0, 0.05) is 4.88 Å². The van der Waals surface area contributed by atoms with Crippen LogP contribution in [-0.4, -0.2) is 29.7 Å². The molecule has 2 heterocycles. The molecule has 1 aliphatic rings. The van der Waals surface area contributed by atoms with E-state index in [0.717, 1.165) is 4.88 Å². The molecule has 86 valence electrons. The maximum Gasteiger partial charge on any atom is 0.340 e. The number of hydrogen-bond donors (Lipinski definition) is 2. The molecule has 0 unspecified atom stereocenters. The van der Waals surface area contributed by atoms with Crippen molar-refractivity contribution in [3.8, 4) is 0 Å². The Labute approximate surface area is 96.0 Å². The zero-order valence-electron chi connectivity index (χ0n) is 8.60. The van der Waals surface area contributed by atoms with E-state index in [1.165, 1.54) is 18.4 Å². The van der Waals surface area contributed by atoms with Gasteiger partial charge in [0.1, 0.15) is 6.04 Å². The molecule has 0 bridgehead atoms. The Bertz CT molecular complexity index is 416. The number of ether oxygens (including phenoxy) is 1. The molecule has 0 saturated carbocycles. The van der Waals surface area contributed by atoms with Crippen molar-refractivity contribution in [1.29, 1.82) is 0 Å². The Morgan fingerprint density at radius 2 is 2.50 bits per heavy atom. The maximum atomic E-state index is 11.5. The third-order valence-corrected chi connectivity index (χ3v) is 3.52. The van der Waals surface area contributed by atoms with Crippen molar-refractivity contribution in [2.24, 2.45) is 0 Å². The molecule has 2 atom stereocenters. The molecule has 6 heteroatoms. The molecule has 0 spiro atoms. The van der Waals surface area contributed by atoms with Crippen LogP contribution in [0, 0.1) is 0 Å². The van der Waals surface area contributed by atoms with E-state index in [1.54, 1.807) is 12.1 Å². The highest BCUT2D eigenvalue weighted by atomic mass is 32.1. The average molecular weight is 241 g/mol. The lowest BCUT2D eigenvalue weighted by Gasteiger charge is -2.24.